The number of carbonyl (C=O) groups is 2. The van der Waals surface area contributed by atoms with Crippen LogP contribution in [0.15, 0.2) is 36.7 Å². The normalized spacial score (nSPS) is 18.4. The Kier molecular flexibility index (Phi) is 4.83. The zero-order valence-electron chi connectivity index (χ0n) is 14.3. The van der Waals surface area contributed by atoms with Gasteiger partial charge in [-0.15, -0.1) is 0 Å². The second-order valence-electron chi connectivity index (χ2n) is 6.50. The Morgan fingerprint density at radius 3 is 2.96 bits per heavy atom. The average Bonchev–Trinajstić information content (AvgIpc) is 3.17. The summed E-state index contributed by atoms with van der Waals surface area (Å²) in [6, 6.07) is 6.43. The highest BCUT2D eigenvalue weighted by Gasteiger charge is 2.36. The van der Waals surface area contributed by atoms with Crippen molar-refractivity contribution in [2.24, 2.45) is 5.92 Å². The molecule has 1 aromatic carbocycles. The summed E-state index contributed by atoms with van der Waals surface area (Å²) < 4.78 is 15.9. The molecule has 1 aliphatic heterocycles. The molecule has 1 N–H and O–H groups in total. The van der Waals surface area contributed by atoms with E-state index in [9.17, 15) is 14.0 Å². The van der Waals surface area contributed by atoms with Crippen molar-refractivity contribution in [3.63, 3.8) is 0 Å². The standard InChI is InChI=1S/C18H21FN4O2/c1-12-4-5-16(15(19)8-12)23-11-14(9-17(23)24)18(25)21-13(2)10-22-7-3-6-20-22/h3-8,13-14H,9-11H2,1-2H3,(H,21,25)/t13-,14+/m1/s1. The molecule has 1 saturated heterocycles. The largest absolute Gasteiger partial charge is 0.351 e. The van der Waals surface area contributed by atoms with E-state index in [1.54, 1.807) is 29.9 Å². The van der Waals surface area contributed by atoms with Gasteiger partial charge in [0.1, 0.15) is 5.82 Å². The molecular weight excluding hydrogens is 323 g/mol. The first-order valence-corrected chi connectivity index (χ1v) is 8.28. The molecule has 1 aromatic heterocycles. The molecule has 132 valence electrons. The maximum atomic E-state index is 14.1. The molecule has 6 nitrogen and oxygen atoms in total. The first kappa shape index (κ1) is 17.1. The first-order valence-electron chi connectivity index (χ1n) is 8.28. The number of hydrogen-bond acceptors (Lipinski definition) is 3. The summed E-state index contributed by atoms with van der Waals surface area (Å²) in [5.41, 5.74) is 1.02. The third kappa shape index (κ3) is 3.87. The lowest BCUT2D eigenvalue weighted by atomic mass is 10.1. The van der Waals surface area contributed by atoms with Crippen molar-refractivity contribution >= 4 is 17.5 Å². The number of aryl methyl sites for hydroxylation is 1. The van der Waals surface area contributed by atoms with Crippen LogP contribution in [0.4, 0.5) is 10.1 Å². The number of nitrogens with one attached hydrogen (secondary N) is 1. The van der Waals surface area contributed by atoms with E-state index in [1.165, 1.54) is 11.0 Å². The predicted molar refractivity (Wildman–Crippen MR) is 91.4 cm³/mol. The van der Waals surface area contributed by atoms with Crippen LogP contribution in [0, 0.1) is 18.7 Å². The van der Waals surface area contributed by atoms with Gasteiger partial charge in [-0.25, -0.2) is 4.39 Å². The molecule has 1 fully saturated rings. The van der Waals surface area contributed by atoms with Gasteiger partial charge in [-0.1, -0.05) is 6.07 Å². The SMILES string of the molecule is Cc1ccc(N2C[C@@H](C(=O)N[C@H](C)Cn3cccn3)CC2=O)c(F)c1. The van der Waals surface area contributed by atoms with Crippen LogP contribution >= 0.6 is 0 Å². The van der Waals surface area contributed by atoms with E-state index in [1.807, 2.05) is 19.2 Å². The molecule has 0 spiro atoms. The van der Waals surface area contributed by atoms with Crippen LogP contribution in [0.2, 0.25) is 0 Å². The maximum Gasteiger partial charge on any atom is 0.227 e. The van der Waals surface area contributed by atoms with E-state index in [4.69, 9.17) is 0 Å². The topological polar surface area (TPSA) is 67.2 Å². The van der Waals surface area contributed by atoms with Crippen molar-refractivity contribution < 1.29 is 14.0 Å². The van der Waals surface area contributed by atoms with Crippen molar-refractivity contribution in [2.75, 3.05) is 11.4 Å². The molecule has 2 aromatic rings. The fourth-order valence-corrected chi connectivity index (χ4v) is 3.04. The van der Waals surface area contributed by atoms with Gasteiger partial charge in [0.15, 0.2) is 0 Å². The zero-order chi connectivity index (χ0) is 18.0. The van der Waals surface area contributed by atoms with Gasteiger partial charge in [0.25, 0.3) is 0 Å². The zero-order valence-corrected chi connectivity index (χ0v) is 14.3. The van der Waals surface area contributed by atoms with Gasteiger partial charge in [0, 0.05) is 31.4 Å². The maximum absolute atomic E-state index is 14.1. The smallest absolute Gasteiger partial charge is 0.227 e. The molecular formula is C18H21FN4O2. The van der Waals surface area contributed by atoms with Gasteiger partial charge in [-0.05, 0) is 37.6 Å². The summed E-state index contributed by atoms with van der Waals surface area (Å²) in [6.07, 6.45) is 3.59. The van der Waals surface area contributed by atoms with Crippen LogP contribution in [0.25, 0.3) is 0 Å². The lowest BCUT2D eigenvalue weighted by molar-refractivity contribution is -0.126. The van der Waals surface area contributed by atoms with Crippen LogP contribution in [0.1, 0.15) is 18.9 Å². The minimum absolute atomic E-state index is 0.0909. The third-order valence-corrected chi connectivity index (χ3v) is 4.30. The summed E-state index contributed by atoms with van der Waals surface area (Å²) in [5.74, 6) is -1.35. The molecule has 0 saturated carbocycles. The number of halogens is 1. The average molecular weight is 344 g/mol. The van der Waals surface area contributed by atoms with Crippen LogP contribution < -0.4 is 10.2 Å². The Labute approximate surface area is 145 Å². The van der Waals surface area contributed by atoms with E-state index in [0.29, 0.717) is 6.54 Å². The van der Waals surface area contributed by atoms with Gasteiger partial charge < -0.3 is 10.2 Å². The highest BCUT2D eigenvalue weighted by atomic mass is 19.1. The van der Waals surface area contributed by atoms with Crippen molar-refractivity contribution in [2.45, 2.75) is 32.9 Å². The lowest BCUT2D eigenvalue weighted by Gasteiger charge is -2.19. The predicted octanol–water partition coefficient (Wildman–Crippen LogP) is 1.89. The molecule has 2 heterocycles. The van der Waals surface area contributed by atoms with E-state index in [0.717, 1.165) is 5.56 Å². The van der Waals surface area contributed by atoms with Crippen LogP contribution in [-0.4, -0.2) is 34.2 Å². The number of amides is 2. The fourth-order valence-electron chi connectivity index (χ4n) is 3.04. The third-order valence-electron chi connectivity index (χ3n) is 4.30. The highest BCUT2D eigenvalue weighted by Crippen LogP contribution is 2.28. The molecule has 7 heteroatoms. The van der Waals surface area contributed by atoms with Crippen molar-refractivity contribution in [1.82, 2.24) is 15.1 Å². The molecule has 0 aliphatic carbocycles. The van der Waals surface area contributed by atoms with Gasteiger partial charge in [-0.3, -0.25) is 14.3 Å². The highest BCUT2D eigenvalue weighted by molar-refractivity contribution is 6.00. The van der Waals surface area contributed by atoms with E-state index in [2.05, 4.69) is 10.4 Å². The van der Waals surface area contributed by atoms with Gasteiger partial charge in [-0.2, -0.15) is 5.10 Å². The van der Waals surface area contributed by atoms with Gasteiger partial charge >= 0.3 is 0 Å². The van der Waals surface area contributed by atoms with Crippen molar-refractivity contribution in [3.05, 3.63) is 48.0 Å². The van der Waals surface area contributed by atoms with Crippen LogP contribution in [0.3, 0.4) is 0 Å². The van der Waals surface area contributed by atoms with Crippen LogP contribution in [-0.2, 0) is 16.1 Å². The quantitative estimate of drug-likeness (QED) is 0.901. The monoisotopic (exact) mass is 344 g/mol. The van der Waals surface area contributed by atoms with E-state index >= 15 is 0 Å². The van der Waals surface area contributed by atoms with E-state index < -0.39 is 11.7 Å². The molecule has 0 unspecified atom stereocenters. The molecule has 0 bridgehead atoms. The van der Waals surface area contributed by atoms with Crippen LogP contribution in [0.5, 0.6) is 0 Å². The minimum atomic E-state index is -0.478. The Balaban J connectivity index is 1.62. The van der Waals surface area contributed by atoms with Gasteiger partial charge in [0.2, 0.25) is 11.8 Å². The van der Waals surface area contributed by atoms with Gasteiger partial charge in [0.05, 0.1) is 18.2 Å². The number of carbonyl (C=O) groups excluding carboxylic acids is 2. The number of benzene rings is 1. The minimum Gasteiger partial charge on any atom is -0.351 e. The molecule has 0 radical (unpaired) electrons. The number of hydrogen-bond donors (Lipinski definition) is 1. The number of aromatic nitrogens is 2. The summed E-state index contributed by atoms with van der Waals surface area (Å²) in [7, 11) is 0. The number of nitrogens with zero attached hydrogens (tertiary/aromatic N) is 3. The molecule has 2 atom stereocenters. The number of anilines is 1. The summed E-state index contributed by atoms with van der Waals surface area (Å²) in [4.78, 5) is 26.0. The Morgan fingerprint density at radius 1 is 1.48 bits per heavy atom. The molecule has 1 aliphatic rings. The van der Waals surface area contributed by atoms with E-state index in [-0.39, 0.29) is 36.5 Å². The van der Waals surface area contributed by atoms with Crippen molar-refractivity contribution in [1.29, 1.82) is 0 Å². The second-order valence-corrected chi connectivity index (χ2v) is 6.50. The first-order chi connectivity index (χ1) is 11.9. The molecule has 2 amide bonds. The molecule has 25 heavy (non-hydrogen) atoms. The fraction of sp³-hybridized carbons (Fsp3) is 0.389. The lowest BCUT2D eigenvalue weighted by Crippen LogP contribution is -2.40. The number of rotatable bonds is 5. The Bertz CT molecular complexity index is 775. The summed E-state index contributed by atoms with van der Waals surface area (Å²) in [5, 5.41) is 7.01. The summed E-state index contributed by atoms with van der Waals surface area (Å²) in [6.45, 7) is 4.42. The van der Waals surface area contributed by atoms with Crippen molar-refractivity contribution in [3.8, 4) is 0 Å². The Hall–Kier alpha value is -2.70. The Morgan fingerprint density at radius 2 is 2.28 bits per heavy atom. The summed E-state index contributed by atoms with van der Waals surface area (Å²) >= 11 is 0. The molecule has 3 rings (SSSR count). The second kappa shape index (κ2) is 7.04.